The number of rotatable bonds is 5. The first-order chi connectivity index (χ1) is 13.5. The molecule has 2 aromatic carbocycles. The van der Waals surface area contributed by atoms with E-state index in [1.807, 2.05) is 48.5 Å². The maximum atomic E-state index is 13.0. The van der Waals surface area contributed by atoms with Crippen molar-refractivity contribution in [3.8, 4) is 11.1 Å². The van der Waals surface area contributed by atoms with Gasteiger partial charge in [0.15, 0.2) is 0 Å². The van der Waals surface area contributed by atoms with Crippen molar-refractivity contribution in [3.05, 3.63) is 59.7 Å². The second kappa shape index (κ2) is 7.42. The molecule has 1 aliphatic rings. The fourth-order valence-electron chi connectivity index (χ4n) is 3.46. The van der Waals surface area contributed by atoms with Gasteiger partial charge in [0, 0.05) is 5.92 Å². The van der Waals surface area contributed by atoms with E-state index in [1.165, 1.54) is 0 Å². The standard InChI is InChI=1S/C21H20F3NO4/c1-20(2,18(26)27)25(12-21(22,23)24)19(28)29-11-17-15-9-5-3-7-13(15)14-8-4-6-10-16(14)17/h3-10,17H,11-12H2,1-2H3,(H,26,27). The van der Waals surface area contributed by atoms with Crippen molar-refractivity contribution >= 4 is 12.1 Å². The normalized spacial score (nSPS) is 13.6. The molecule has 0 aromatic heterocycles. The van der Waals surface area contributed by atoms with Gasteiger partial charge in [0.25, 0.3) is 0 Å². The van der Waals surface area contributed by atoms with Crippen molar-refractivity contribution < 1.29 is 32.6 Å². The molecule has 154 valence electrons. The van der Waals surface area contributed by atoms with Crippen LogP contribution in [0, 0.1) is 0 Å². The number of hydrogen-bond donors (Lipinski definition) is 1. The predicted octanol–water partition coefficient (Wildman–Crippen LogP) is 4.66. The largest absolute Gasteiger partial charge is 0.480 e. The number of hydrogen-bond acceptors (Lipinski definition) is 3. The van der Waals surface area contributed by atoms with E-state index in [0.29, 0.717) is 0 Å². The average Bonchev–Trinajstić information content (AvgIpc) is 2.97. The van der Waals surface area contributed by atoms with Gasteiger partial charge in [-0.15, -0.1) is 0 Å². The summed E-state index contributed by atoms with van der Waals surface area (Å²) in [5.74, 6) is -1.90. The van der Waals surface area contributed by atoms with Gasteiger partial charge in [-0.1, -0.05) is 48.5 Å². The zero-order valence-corrected chi connectivity index (χ0v) is 15.9. The number of carbonyl (C=O) groups is 2. The maximum absolute atomic E-state index is 13.0. The molecule has 0 heterocycles. The van der Waals surface area contributed by atoms with E-state index in [1.54, 1.807) is 0 Å². The Morgan fingerprint density at radius 2 is 1.48 bits per heavy atom. The Labute approximate surface area is 165 Å². The highest BCUT2D eigenvalue weighted by atomic mass is 19.4. The smallest absolute Gasteiger partial charge is 0.411 e. The predicted molar refractivity (Wildman–Crippen MR) is 99.5 cm³/mol. The van der Waals surface area contributed by atoms with E-state index >= 15 is 0 Å². The highest BCUT2D eigenvalue weighted by molar-refractivity contribution is 5.84. The van der Waals surface area contributed by atoms with Gasteiger partial charge in [0.2, 0.25) is 0 Å². The molecule has 5 nitrogen and oxygen atoms in total. The van der Waals surface area contributed by atoms with Crippen molar-refractivity contribution in [2.45, 2.75) is 31.5 Å². The number of halogens is 3. The van der Waals surface area contributed by atoms with Gasteiger partial charge >= 0.3 is 18.2 Å². The van der Waals surface area contributed by atoms with Crippen LogP contribution in [0.2, 0.25) is 0 Å². The van der Waals surface area contributed by atoms with Crippen molar-refractivity contribution in [2.24, 2.45) is 0 Å². The molecule has 1 aliphatic carbocycles. The van der Waals surface area contributed by atoms with Crippen LogP contribution < -0.4 is 0 Å². The second-order valence-electron chi connectivity index (χ2n) is 7.37. The lowest BCUT2D eigenvalue weighted by atomic mass is 9.98. The molecule has 29 heavy (non-hydrogen) atoms. The lowest BCUT2D eigenvalue weighted by Crippen LogP contribution is -2.56. The monoisotopic (exact) mass is 407 g/mol. The maximum Gasteiger partial charge on any atom is 0.411 e. The molecular formula is C21H20F3NO4. The Kier molecular flexibility index (Phi) is 5.30. The van der Waals surface area contributed by atoms with Gasteiger partial charge in [-0.3, -0.25) is 4.90 Å². The first-order valence-corrected chi connectivity index (χ1v) is 8.95. The first kappa shape index (κ1) is 20.7. The number of amides is 1. The Morgan fingerprint density at radius 1 is 1.00 bits per heavy atom. The number of carbonyl (C=O) groups excluding carboxylic acids is 1. The van der Waals surface area contributed by atoms with Crippen LogP contribution >= 0.6 is 0 Å². The van der Waals surface area contributed by atoms with Crippen molar-refractivity contribution in [1.29, 1.82) is 0 Å². The van der Waals surface area contributed by atoms with Crippen molar-refractivity contribution in [1.82, 2.24) is 4.90 Å². The summed E-state index contributed by atoms with van der Waals surface area (Å²) >= 11 is 0. The van der Waals surface area contributed by atoms with Crippen LogP contribution in [0.15, 0.2) is 48.5 Å². The lowest BCUT2D eigenvalue weighted by Gasteiger charge is -2.34. The summed E-state index contributed by atoms with van der Waals surface area (Å²) < 4.78 is 44.1. The number of nitrogens with zero attached hydrogens (tertiary/aromatic N) is 1. The topological polar surface area (TPSA) is 66.8 Å². The summed E-state index contributed by atoms with van der Waals surface area (Å²) in [6.07, 6.45) is -6.09. The number of carboxylic acids is 1. The van der Waals surface area contributed by atoms with Crippen LogP contribution in [0.5, 0.6) is 0 Å². The molecule has 0 atom stereocenters. The van der Waals surface area contributed by atoms with Crippen LogP contribution in [-0.2, 0) is 9.53 Å². The third-order valence-electron chi connectivity index (χ3n) is 5.09. The molecular weight excluding hydrogens is 387 g/mol. The van der Waals surface area contributed by atoms with E-state index in [0.717, 1.165) is 36.1 Å². The molecule has 0 saturated carbocycles. The van der Waals surface area contributed by atoms with E-state index < -0.39 is 30.3 Å². The van der Waals surface area contributed by atoms with Crippen LogP contribution in [0.25, 0.3) is 11.1 Å². The van der Waals surface area contributed by atoms with Gasteiger partial charge in [-0.25, -0.2) is 9.59 Å². The van der Waals surface area contributed by atoms with E-state index in [9.17, 15) is 27.9 Å². The molecule has 0 fully saturated rings. The Bertz CT molecular complexity index is 894. The Hall–Kier alpha value is -3.03. The van der Waals surface area contributed by atoms with Crippen LogP contribution in [0.4, 0.5) is 18.0 Å². The van der Waals surface area contributed by atoms with Crippen LogP contribution in [-0.4, -0.2) is 46.9 Å². The number of aliphatic carboxylic acids is 1. The molecule has 0 bridgehead atoms. The van der Waals surface area contributed by atoms with E-state index in [-0.39, 0.29) is 17.4 Å². The highest BCUT2D eigenvalue weighted by Crippen LogP contribution is 2.44. The summed E-state index contributed by atoms with van der Waals surface area (Å²) in [7, 11) is 0. The van der Waals surface area contributed by atoms with Gasteiger partial charge in [0.1, 0.15) is 18.7 Å². The fraction of sp³-hybridized carbons (Fsp3) is 0.333. The summed E-state index contributed by atoms with van der Waals surface area (Å²) in [4.78, 5) is 24.1. The average molecular weight is 407 g/mol. The minimum Gasteiger partial charge on any atom is -0.480 e. The molecule has 8 heteroatoms. The van der Waals surface area contributed by atoms with Gasteiger partial charge in [0.05, 0.1) is 0 Å². The SMILES string of the molecule is CC(C)(C(=O)O)N(CC(F)(F)F)C(=O)OCC1c2ccccc2-c2ccccc21. The lowest BCUT2D eigenvalue weighted by molar-refractivity contribution is -0.166. The number of benzene rings is 2. The Morgan fingerprint density at radius 3 is 1.93 bits per heavy atom. The van der Waals surface area contributed by atoms with E-state index in [4.69, 9.17) is 4.74 Å². The summed E-state index contributed by atoms with van der Waals surface area (Å²) in [6, 6.07) is 15.0. The molecule has 1 N–H and O–H groups in total. The van der Waals surface area contributed by atoms with Gasteiger partial charge < -0.3 is 9.84 Å². The number of carboxylic acid groups (broad SMARTS) is 1. The fourth-order valence-corrected chi connectivity index (χ4v) is 3.46. The zero-order valence-electron chi connectivity index (χ0n) is 15.9. The summed E-state index contributed by atoms with van der Waals surface area (Å²) in [6.45, 7) is 0.144. The van der Waals surface area contributed by atoms with E-state index in [2.05, 4.69) is 0 Å². The number of ether oxygens (including phenoxy) is 1. The molecule has 3 rings (SSSR count). The summed E-state index contributed by atoms with van der Waals surface area (Å²) in [5, 5.41) is 9.28. The number of alkyl halides is 3. The molecule has 0 spiro atoms. The van der Waals surface area contributed by atoms with Crippen LogP contribution in [0.1, 0.15) is 30.9 Å². The number of fused-ring (bicyclic) bond motifs is 3. The quantitative estimate of drug-likeness (QED) is 0.783. The molecule has 0 unspecified atom stereocenters. The summed E-state index contributed by atoms with van der Waals surface area (Å²) in [5.41, 5.74) is 1.67. The highest BCUT2D eigenvalue weighted by Gasteiger charge is 2.45. The van der Waals surface area contributed by atoms with Gasteiger partial charge in [-0.2, -0.15) is 13.2 Å². The first-order valence-electron chi connectivity index (χ1n) is 8.95. The Balaban J connectivity index is 1.84. The third-order valence-corrected chi connectivity index (χ3v) is 5.09. The van der Waals surface area contributed by atoms with Gasteiger partial charge in [-0.05, 0) is 36.1 Å². The second-order valence-corrected chi connectivity index (χ2v) is 7.37. The minimum atomic E-state index is -4.77. The molecule has 0 radical (unpaired) electrons. The zero-order chi connectivity index (χ0) is 21.4. The van der Waals surface area contributed by atoms with Crippen LogP contribution in [0.3, 0.4) is 0 Å². The third kappa shape index (κ3) is 4.06. The molecule has 2 aromatic rings. The van der Waals surface area contributed by atoms with Crippen molar-refractivity contribution in [2.75, 3.05) is 13.2 Å². The molecule has 0 aliphatic heterocycles. The van der Waals surface area contributed by atoms with Crippen molar-refractivity contribution in [3.63, 3.8) is 0 Å². The molecule has 0 saturated heterocycles. The minimum absolute atomic E-state index is 0.197. The molecule has 1 amide bonds.